The van der Waals surface area contributed by atoms with Gasteiger partial charge in [0.15, 0.2) is 0 Å². The first kappa shape index (κ1) is 10.6. The lowest BCUT2D eigenvalue weighted by Gasteiger charge is -2.25. The zero-order valence-electron chi connectivity index (χ0n) is 8.69. The Hall–Kier alpha value is -0.940. The van der Waals surface area contributed by atoms with Crippen LogP contribution in [0.4, 0.5) is 0 Å². The Morgan fingerprint density at radius 1 is 1.73 bits per heavy atom. The van der Waals surface area contributed by atoms with Crippen LogP contribution in [-0.2, 0) is 4.79 Å². The van der Waals surface area contributed by atoms with E-state index in [-0.39, 0.29) is 18.0 Å². The highest BCUT2D eigenvalue weighted by Gasteiger charge is 2.23. The number of hydrogen-bond donors (Lipinski definition) is 2. The van der Waals surface area contributed by atoms with E-state index < -0.39 is 0 Å². The van der Waals surface area contributed by atoms with Crippen molar-refractivity contribution >= 4 is 17.2 Å². The van der Waals surface area contributed by atoms with E-state index in [9.17, 15) is 4.79 Å². The van der Waals surface area contributed by atoms with E-state index in [0.29, 0.717) is 0 Å². The van der Waals surface area contributed by atoms with Crippen molar-refractivity contribution in [3.8, 4) is 0 Å². The number of piperidine rings is 1. The molecule has 2 rings (SSSR count). The maximum Gasteiger partial charge on any atom is 0.237 e. The minimum Gasteiger partial charge on any atom is -0.355 e. The van der Waals surface area contributed by atoms with Gasteiger partial charge in [0.2, 0.25) is 5.91 Å². The number of amides is 1. The predicted molar refractivity (Wildman–Crippen MR) is 59.7 cm³/mol. The third-order valence-electron chi connectivity index (χ3n) is 2.61. The zero-order valence-corrected chi connectivity index (χ0v) is 9.51. The lowest BCUT2D eigenvalue weighted by Crippen LogP contribution is -2.48. The Balaban J connectivity index is 1.93. The summed E-state index contributed by atoms with van der Waals surface area (Å²) in [7, 11) is 0. The van der Waals surface area contributed by atoms with Gasteiger partial charge in [0.1, 0.15) is 0 Å². The van der Waals surface area contributed by atoms with Gasteiger partial charge in [-0.05, 0) is 19.8 Å². The highest BCUT2D eigenvalue weighted by Crippen LogP contribution is 2.18. The molecule has 1 aliphatic rings. The molecule has 4 nitrogen and oxygen atoms in total. The number of rotatable bonds is 3. The summed E-state index contributed by atoms with van der Waals surface area (Å²) < 4.78 is 0. The molecule has 2 atom stereocenters. The fourth-order valence-electron chi connectivity index (χ4n) is 1.75. The summed E-state index contributed by atoms with van der Waals surface area (Å²) in [6, 6.07) is 0.155. The van der Waals surface area contributed by atoms with Crippen LogP contribution in [0.5, 0.6) is 0 Å². The average molecular weight is 225 g/mol. The van der Waals surface area contributed by atoms with Crippen LogP contribution in [0.2, 0.25) is 0 Å². The van der Waals surface area contributed by atoms with Gasteiger partial charge < -0.3 is 5.32 Å². The molecular weight excluding hydrogens is 210 g/mol. The van der Waals surface area contributed by atoms with Crippen LogP contribution in [0.25, 0.3) is 0 Å². The molecule has 1 aromatic heterocycles. The first-order valence-corrected chi connectivity index (χ1v) is 6.07. The molecule has 2 unspecified atom stereocenters. The maximum atomic E-state index is 11.5. The molecule has 0 radical (unpaired) electrons. The third kappa shape index (κ3) is 2.54. The average Bonchev–Trinajstić information content (AvgIpc) is 2.74. The van der Waals surface area contributed by atoms with Crippen LogP contribution in [0.15, 0.2) is 11.7 Å². The highest BCUT2D eigenvalue weighted by molar-refractivity contribution is 7.09. The van der Waals surface area contributed by atoms with Crippen LogP contribution in [0.3, 0.4) is 0 Å². The summed E-state index contributed by atoms with van der Waals surface area (Å²) in [5.41, 5.74) is 1.81. The van der Waals surface area contributed by atoms with E-state index in [2.05, 4.69) is 22.5 Å². The van der Waals surface area contributed by atoms with E-state index in [1.54, 1.807) is 11.3 Å². The SMILES string of the molecule is CC(NC1CCCNC1=O)c1cncs1. The number of nitrogens with one attached hydrogen (secondary N) is 2. The largest absolute Gasteiger partial charge is 0.355 e. The molecule has 1 amide bonds. The molecule has 1 aliphatic heterocycles. The van der Waals surface area contributed by atoms with Gasteiger partial charge >= 0.3 is 0 Å². The maximum absolute atomic E-state index is 11.5. The summed E-state index contributed by atoms with van der Waals surface area (Å²) in [5.74, 6) is 0.123. The summed E-state index contributed by atoms with van der Waals surface area (Å²) in [4.78, 5) is 16.7. The molecule has 0 saturated carbocycles. The second kappa shape index (κ2) is 4.72. The van der Waals surface area contributed by atoms with Gasteiger partial charge in [0.25, 0.3) is 0 Å². The van der Waals surface area contributed by atoms with Gasteiger partial charge in [0, 0.05) is 23.7 Å². The Labute approximate surface area is 93.1 Å². The van der Waals surface area contributed by atoms with Crippen LogP contribution < -0.4 is 10.6 Å². The molecule has 0 spiro atoms. The van der Waals surface area contributed by atoms with Crippen molar-refractivity contribution in [3.63, 3.8) is 0 Å². The molecule has 1 fully saturated rings. The quantitative estimate of drug-likeness (QED) is 0.809. The molecule has 2 N–H and O–H groups in total. The minimum absolute atomic E-state index is 0.0455. The van der Waals surface area contributed by atoms with E-state index in [4.69, 9.17) is 0 Å². The second-order valence-electron chi connectivity index (χ2n) is 3.78. The van der Waals surface area contributed by atoms with Crippen molar-refractivity contribution in [3.05, 3.63) is 16.6 Å². The number of hydrogen-bond acceptors (Lipinski definition) is 4. The van der Waals surface area contributed by atoms with Crippen molar-refractivity contribution in [2.24, 2.45) is 0 Å². The zero-order chi connectivity index (χ0) is 10.7. The topological polar surface area (TPSA) is 54.0 Å². The monoisotopic (exact) mass is 225 g/mol. The molecule has 1 saturated heterocycles. The van der Waals surface area contributed by atoms with Gasteiger partial charge in [0.05, 0.1) is 11.6 Å². The van der Waals surface area contributed by atoms with Crippen molar-refractivity contribution in [1.82, 2.24) is 15.6 Å². The Morgan fingerprint density at radius 3 is 3.27 bits per heavy atom. The Bertz CT molecular complexity index is 325. The van der Waals surface area contributed by atoms with Crippen molar-refractivity contribution in [2.45, 2.75) is 31.8 Å². The Kier molecular flexibility index (Phi) is 3.33. The third-order valence-corrected chi connectivity index (χ3v) is 3.57. The fourth-order valence-corrected chi connectivity index (χ4v) is 2.39. The summed E-state index contributed by atoms with van der Waals surface area (Å²) in [6.45, 7) is 2.88. The van der Waals surface area contributed by atoms with Crippen LogP contribution >= 0.6 is 11.3 Å². The van der Waals surface area contributed by atoms with Gasteiger partial charge in [-0.3, -0.25) is 15.1 Å². The first-order chi connectivity index (χ1) is 7.27. The first-order valence-electron chi connectivity index (χ1n) is 5.19. The smallest absolute Gasteiger partial charge is 0.237 e. The summed E-state index contributed by atoms with van der Waals surface area (Å²) in [5, 5.41) is 6.20. The molecule has 2 heterocycles. The molecule has 1 aromatic rings. The van der Waals surface area contributed by atoms with E-state index in [1.165, 1.54) is 4.88 Å². The summed E-state index contributed by atoms with van der Waals surface area (Å²) >= 11 is 1.62. The second-order valence-corrected chi connectivity index (χ2v) is 4.70. The standard InChI is InChI=1S/C10H15N3OS/c1-7(9-5-11-6-15-9)13-8-3-2-4-12-10(8)14/h5-8,13H,2-4H2,1H3,(H,12,14). The number of carbonyl (C=O) groups excluding carboxylic acids is 1. The fraction of sp³-hybridized carbons (Fsp3) is 0.600. The van der Waals surface area contributed by atoms with Gasteiger partial charge in [-0.1, -0.05) is 0 Å². The van der Waals surface area contributed by atoms with Crippen LogP contribution in [-0.4, -0.2) is 23.5 Å². The molecule has 0 aliphatic carbocycles. The molecule has 82 valence electrons. The molecular formula is C10H15N3OS. The van der Waals surface area contributed by atoms with Crippen molar-refractivity contribution < 1.29 is 4.79 Å². The van der Waals surface area contributed by atoms with Gasteiger partial charge in [-0.25, -0.2) is 0 Å². The van der Waals surface area contributed by atoms with E-state index in [1.807, 2.05) is 11.7 Å². The highest BCUT2D eigenvalue weighted by atomic mass is 32.1. The van der Waals surface area contributed by atoms with Crippen molar-refractivity contribution in [1.29, 1.82) is 0 Å². The van der Waals surface area contributed by atoms with Crippen LogP contribution in [0.1, 0.15) is 30.7 Å². The van der Waals surface area contributed by atoms with Crippen molar-refractivity contribution in [2.75, 3.05) is 6.54 Å². The minimum atomic E-state index is -0.0455. The molecule has 0 bridgehead atoms. The van der Waals surface area contributed by atoms with E-state index >= 15 is 0 Å². The van der Waals surface area contributed by atoms with Gasteiger partial charge in [-0.15, -0.1) is 11.3 Å². The predicted octanol–water partition coefficient (Wildman–Crippen LogP) is 1.07. The lowest BCUT2D eigenvalue weighted by atomic mass is 10.1. The molecule has 5 heteroatoms. The molecule has 15 heavy (non-hydrogen) atoms. The van der Waals surface area contributed by atoms with Gasteiger partial charge in [-0.2, -0.15) is 0 Å². The van der Waals surface area contributed by atoms with E-state index in [0.717, 1.165) is 19.4 Å². The number of nitrogens with zero attached hydrogens (tertiary/aromatic N) is 1. The normalized spacial score (nSPS) is 23.5. The number of carbonyl (C=O) groups is 1. The Morgan fingerprint density at radius 2 is 2.60 bits per heavy atom. The summed E-state index contributed by atoms with van der Waals surface area (Å²) in [6.07, 6.45) is 3.83. The number of aromatic nitrogens is 1. The van der Waals surface area contributed by atoms with Crippen LogP contribution in [0, 0.1) is 0 Å². The number of thiazole rings is 1. The molecule has 0 aromatic carbocycles. The lowest BCUT2D eigenvalue weighted by molar-refractivity contribution is -0.124.